The van der Waals surface area contributed by atoms with E-state index in [9.17, 15) is 19.5 Å². The van der Waals surface area contributed by atoms with Crippen LogP contribution in [0.3, 0.4) is 0 Å². The van der Waals surface area contributed by atoms with Crippen molar-refractivity contribution in [2.24, 2.45) is 56.2 Å². The lowest BCUT2D eigenvalue weighted by Gasteiger charge is -2.72. The molecule has 312 valence electrons. The number of carbonyl (C=O) groups excluding carboxylic acids is 2. The van der Waals surface area contributed by atoms with Crippen LogP contribution in [0.1, 0.15) is 132 Å². The second-order valence-electron chi connectivity index (χ2n) is 21.4. The largest absolute Gasteiger partial charge is 0.850 e. The van der Waals surface area contributed by atoms with E-state index >= 15 is 5.11 Å². The van der Waals surface area contributed by atoms with E-state index in [0.29, 0.717) is 31.3 Å². The van der Waals surface area contributed by atoms with Gasteiger partial charge < -0.3 is 19.8 Å². The van der Waals surface area contributed by atoms with Crippen LogP contribution in [0.15, 0.2) is 35.7 Å². The minimum atomic E-state index is -1.17. The molecular formula is C47H72N3O6-. The zero-order valence-corrected chi connectivity index (χ0v) is 36.5. The molecule has 6 rings (SSSR count). The summed E-state index contributed by atoms with van der Waals surface area (Å²) in [5.41, 5.74) is 1.29. The van der Waals surface area contributed by atoms with Crippen LogP contribution < -0.4 is 5.11 Å². The lowest BCUT2D eigenvalue weighted by molar-refractivity contribution is -0.448. The number of rotatable bonds is 13. The summed E-state index contributed by atoms with van der Waals surface area (Å²) in [4.78, 5) is 47.9. The Morgan fingerprint density at radius 2 is 1.62 bits per heavy atom. The van der Waals surface area contributed by atoms with Gasteiger partial charge >= 0.3 is 11.9 Å². The number of esters is 1. The lowest BCUT2D eigenvalue weighted by atomic mass is 9.33. The van der Waals surface area contributed by atoms with Crippen LogP contribution in [0.5, 0.6) is 0 Å². The maximum absolute atomic E-state index is 15.2. The number of nitrogens with zero attached hydrogens (tertiary/aromatic N) is 3. The van der Waals surface area contributed by atoms with E-state index in [1.54, 1.807) is 13.8 Å². The van der Waals surface area contributed by atoms with Crippen LogP contribution in [0.4, 0.5) is 0 Å². The highest BCUT2D eigenvalue weighted by molar-refractivity contribution is 6.00. The maximum Gasteiger partial charge on any atom is 0.309 e. The molecule has 9 atom stereocenters. The molecule has 2 unspecified atom stereocenters. The highest BCUT2D eigenvalue weighted by Gasteiger charge is 2.70. The van der Waals surface area contributed by atoms with Gasteiger partial charge in [0.2, 0.25) is 0 Å². The summed E-state index contributed by atoms with van der Waals surface area (Å²) >= 11 is 0. The van der Waals surface area contributed by atoms with Crippen LogP contribution in [-0.4, -0.2) is 83.5 Å². The van der Waals surface area contributed by atoms with Crippen molar-refractivity contribution in [3.05, 3.63) is 41.2 Å². The second kappa shape index (κ2) is 15.2. The van der Waals surface area contributed by atoms with Crippen molar-refractivity contribution < 1.29 is 29.3 Å². The predicted molar refractivity (Wildman–Crippen MR) is 217 cm³/mol. The van der Waals surface area contributed by atoms with E-state index in [0.717, 1.165) is 75.6 Å². The first-order valence-electron chi connectivity index (χ1n) is 21.7. The van der Waals surface area contributed by atoms with Gasteiger partial charge in [0.1, 0.15) is 6.10 Å². The van der Waals surface area contributed by atoms with Gasteiger partial charge in [0, 0.05) is 43.9 Å². The summed E-state index contributed by atoms with van der Waals surface area (Å²) in [6, 6.07) is 4.07. The maximum atomic E-state index is 15.2. The fraction of sp³-hybridized carbons (Fsp3) is 0.787. The number of carboxylic acid groups (broad SMARTS) is 1. The van der Waals surface area contributed by atoms with Gasteiger partial charge in [-0.2, -0.15) is 0 Å². The SMILES string of the molecule is CC(C)C1=C2[C@H]3CC[C@H]4[C@@]5(C)CCC(OC(=O)CC(C)(C)C(=O)O)C(C)(C)[C@H]5CC[C@@]4(C)[C@]3(C)CC[C@@]2(C([O-])CN(CCN(C)C)Cc2ccncc2)CC1=O. The molecule has 9 heteroatoms. The summed E-state index contributed by atoms with van der Waals surface area (Å²) in [6.45, 7) is 22.4. The molecule has 9 nitrogen and oxygen atoms in total. The minimum absolute atomic E-state index is 0.0244. The molecule has 56 heavy (non-hydrogen) atoms. The lowest BCUT2D eigenvalue weighted by Crippen LogP contribution is -2.66. The molecule has 0 saturated heterocycles. The minimum Gasteiger partial charge on any atom is -0.850 e. The molecule has 0 bridgehead atoms. The first-order chi connectivity index (χ1) is 26.0. The van der Waals surface area contributed by atoms with E-state index < -0.39 is 28.9 Å². The number of fused-ring (bicyclic) bond motifs is 7. The highest BCUT2D eigenvalue weighted by Crippen LogP contribution is 2.77. The van der Waals surface area contributed by atoms with E-state index in [2.05, 4.69) is 77.3 Å². The van der Waals surface area contributed by atoms with Crippen molar-refractivity contribution in [1.82, 2.24) is 14.8 Å². The molecule has 4 saturated carbocycles. The fourth-order valence-electron chi connectivity index (χ4n) is 13.6. The van der Waals surface area contributed by atoms with Crippen LogP contribution in [-0.2, 0) is 25.7 Å². The number of Topliss-reactive ketones (excluding diaryl/α,β-unsaturated/α-hetero) is 1. The van der Waals surface area contributed by atoms with Crippen LogP contribution in [0.25, 0.3) is 0 Å². The van der Waals surface area contributed by atoms with E-state index in [1.165, 1.54) is 5.57 Å². The number of carbonyl (C=O) groups is 3. The predicted octanol–water partition coefficient (Wildman–Crippen LogP) is 7.57. The van der Waals surface area contributed by atoms with Gasteiger partial charge in [-0.3, -0.25) is 24.3 Å². The van der Waals surface area contributed by atoms with Crippen LogP contribution in [0.2, 0.25) is 0 Å². The first-order valence-corrected chi connectivity index (χ1v) is 21.7. The van der Waals surface area contributed by atoms with Gasteiger partial charge in [-0.25, -0.2) is 0 Å². The van der Waals surface area contributed by atoms with Crippen molar-refractivity contribution >= 4 is 17.7 Å². The molecule has 5 aliphatic rings. The van der Waals surface area contributed by atoms with E-state index in [-0.39, 0.29) is 51.8 Å². The van der Waals surface area contributed by atoms with Gasteiger partial charge in [0.05, 0.1) is 11.8 Å². The Kier molecular flexibility index (Phi) is 11.7. The number of ketones is 1. The third-order valence-electron chi connectivity index (χ3n) is 16.9. The van der Waals surface area contributed by atoms with Gasteiger partial charge in [0.25, 0.3) is 0 Å². The molecular weight excluding hydrogens is 703 g/mol. The number of pyridine rings is 1. The molecule has 0 aromatic carbocycles. The second-order valence-corrected chi connectivity index (χ2v) is 21.4. The summed E-state index contributed by atoms with van der Waals surface area (Å²) in [6.07, 6.45) is 10.3. The topological polar surface area (TPSA) is 123 Å². The Morgan fingerprint density at radius 3 is 2.25 bits per heavy atom. The van der Waals surface area contributed by atoms with Gasteiger partial charge in [-0.05, 0) is 154 Å². The van der Waals surface area contributed by atoms with Crippen molar-refractivity contribution in [3.8, 4) is 0 Å². The average molecular weight is 775 g/mol. The Hall–Kier alpha value is -2.62. The molecule has 1 N–H and O–H groups in total. The number of aliphatic carboxylic acids is 1. The quantitative estimate of drug-likeness (QED) is 0.202. The Morgan fingerprint density at radius 1 is 0.946 bits per heavy atom. The summed E-state index contributed by atoms with van der Waals surface area (Å²) in [5, 5.41) is 24.8. The Bertz CT molecular complexity index is 1690. The molecule has 1 heterocycles. The third kappa shape index (κ3) is 7.12. The smallest absolute Gasteiger partial charge is 0.309 e. The number of hydrogen-bond acceptors (Lipinski definition) is 8. The molecule has 0 radical (unpaired) electrons. The summed E-state index contributed by atoms with van der Waals surface area (Å²) in [5.74, 6) is -0.104. The number of hydrogen-bond donors (Lipinski definition) is 1. The molecule has 1 aromatic heterocycles. The number of allylic oxidation sites excluding steroid dienone is 1. The number of ether oxygens (including phenoxy) is 1. The standard InChI is InChI=1S/C47H72N3O6/c1-30(2)39-33(51)26-47(36(52)29-50(25-24-49(10)11)28-31-16-22-48-23-17-31)21-20-45(8)32(40(39)47)12-13-35-44(7)18-15-37(56-38(53)27-42(3,4)41(54)55)43(5,6)34(44)14-19-46(35,45)9/h16-17,22-23,30,32,34-37H,12-15,18-21,24-29H2,1-11H3,(H,54,55)/q-1/t32-,34-,35+,36?,37?,44+,45-,46-,47+/m1/s1. The van der Waals surface area contributed by atoms with Crippen LogP contribution >= 0.6 is 0 Å². The van der Waals surface area contributed by atoms with Crippen molar-refractivity contribution in [1.29, 1.82) is 0 Å². The highest BCUT2D eigenvalue weighted by atomic mass is 16.5. The molecule has 0 spiro atoms. The fourth-order valence-corrected chi connectivity index (χ4v) is 13.6. The number of likely N-dealkylation sites (N-methyl/N-ethyl adjacent to an activating group) is 1. The average Bonchev–Trinajstić information content (AvgIpc) is 3.42. The Balaban J connectivity index is 1.29. The molecule has 0 amide bonds. The monoisotopic (exact) mass is 775 g/mol. The van der Waals surface area contributed by atoms with Gasteiger partial charge in [0.15, 0.2) is 5.78 Å². The van der Waals surface area contributed by atoms with Crippen molar-refractivity contribution in [2.75, 3.05) is 33.7 Å². The number of carboxylic acids is 1. The van der Waals surface area contributed by atoms with Gasteiger partial charge in [-0.1, -0.05) is 54.0 Å². The van der Waals surface area contributed by atoms with Crippen molar-refractivity contribution in [3.63, 3.8) is 0 Å². The summed E-state index contributed by atoms with van der Waals surface area (Å²) < 4.78 is 6.19. The zero-order valence-electron chi connectivity index (χ0n) is 36.5. The van der Waals surface area contributed by atoms with E-state index in [1.807, 2.05) is 24.5 Å². The zero-order chi connectivity index (χ0) is 41.2. The molecule has 4 fully saturated rings. The summed E-state index contributed by atoms with van der Waals surface area (Å²) in [7, 11) is 4.15. The third-order valence-corrected chi connectivity index (χ3v) is 16.9. The number of aromatic nitrogens is 1. The van der Waals surface area contributed by atoms with Crippen LogP contribution in [0, 0.1) is 56.2 Å². The van der Waals surface area contributed by atoms with Crippen molar-refractivity contribution in [2.45, 2.75) is 145 Å². The first kappa shape index (κ1) is 43.0. The molecule has 1 aromatic rings. The molecule has 0 aliphatic heterocycles. The van der Waals surface area contributed by atoms with E-state index in [4.69, 9.17) is 4.74 Å². The molecule has 5 aliphatic carbocycles. The Labute approximate surface area is 337 Å². The van der Waals surface area contributed by atoms with Gasteiger partial charge in [-0.15, -0.1) is 6.10 Å². The normalized spacial score (nSPS) is 35.9.